The van der Waals surface area contributed by atoms with E-state index in [0.29, 0.717) is 27.8 Å². The van der Waals surface area contributed by atoms with E-state index in [1.807, 2.05) is 12.1 Å². The SMILES string of the molecule is COc1cc(-c2nc3sc(C#N)c(N)c3c3c2CCCC3)cc(OC)c1OC. The van der Waals surface area contributed by atoms with Gasteiger partial charge in [-0.2, -0.15) is 5.26 Å². The topological polar surface area (TPSA) is 90.4 Å². The van der Waals surface area contributed by atoms with Crippen molar-refractivity contribution in [3.8, 4) is 34.6 Å². The Labute approximate surface area is 167 Å². The zero-order chi connectivity index (χ0) is 19.8. The molecule has 2 aromatic heterocycles. The van der Waals surface area contributed by atoms with E-state index in [-0.39, 0.29) is 0 Å². The van der Waals surface area contributed by atoms with Gasteiger partial charge in [0.2, 0.25) is 5.75 Å². The minimum atomic E-state index is 0.525. The normalized spacial score (nSPS) is 13.1. The van der Waals surface area contributed by atoms with Crippen LogP contribution in [0.1, 0.15) is 28.8 Å². The highest BCUT2D eigenvalue weighted by Crippen LogP contribution is 2.45. The van der Waals surface area contributed by atoms with Crippen LogP contribution in [0.2, 0.25) is 0 Å². The summed E-state index contributed by atoms with van der Waals surface area (Å²) in [6, 6.07) is 6.05. The third kappa shape index (κ3) is 2.72. The Bertz CT molecular complexity index is 1090. The fourth-order valence-electron chi connectivity index (χ4n) is 3.95. The number of methoxy groups -OCH3 is 3. The molecule has 0 atom stereocenters. The Hall–Kier alpha value is -2.98. The first kappa shape index (κ1) is 18.4. The van der Waals surface area contributed by atoms with E-state index in [2.05, 4.69) is 6.07 Å². The summed E-state index contributed by atoms with van der Waals surface area (Å²) in [4.78, 5) is 6.26. The van der Waals surface area contributed by atoms with E-state index in [4.69, 9.17) is 24.9 Å². The van der Waals surface area contributed by atoms with Crippen LogP contribution >= 0.6 is 11.3 Å². The second kappa shape index (κ2) is 7.21. The first-order valence-corrected chi connectivity index (χ1v) is 9.88. The van der Waals surface area contributed by atoms with Gasteiger partial charge in [-0.05, 0) is 48.9 Å². The number of nitrogens with zero attached hydrogens (tertiary/aromatic N) is 2. The lowest BCUT2D eigenvalue weighted by atomic mass is 9.87. The molecule has 7 heteroatoms. The molecule has 144 valence electrons. The summed E-state index contributed by atoms with van der Waals surface area (Å²) in [6.07, 6.45) is 4.09. The summed E-state index contributed by atoms with van der Waals surface area (Å²) in [5, 5.41) is 10.4. The molecule has 0 fully saturated rings. The van der Waals surface area contributed by atoms with Crippen LogP contribution in [0.4, 0.5) is 5.69 Å². The van der Waals surface area contributed by atoms with Crippen LogP contribution in [0.15, 0.2) is 12.1 Å². The number of anilines is 1. The number of nitrogen functional groups attached to an aromatic ring is 1. The number of thiophene rings is 1. The highest BCUT2D eigenvalue weighted by Gasteiger charge is 2.25. The van der Waals surface area contributed by atoms with Crippen LogP contribution in [-0.4, -0.2) is 26.3 Å². The number of aromatic nitrogens is 1. The summed E-state index contributed by atoms with van der Waals surface area (Å²) in [7, 11) is 4.79. The maximum atomic E-state index is 9.41. The number of nitriles is 1. The van der Waals surface area contributed by atoms with Crippen LogP contribution in [0, 0.1) is 11.3 Å². The van der Waals surface area contributed by atoms with Gasteiger partial charge in [-0.25, -0.2) is 4.98 Å². The predicted octanol–water partition coefficient (Wildman–Crippen LogP) is 4.32. The van der Waals surface area contributed by atoms with Gasteiger partial charge in [0.25, 0.3) is 0 Å². The molecule has 1 aromatic carbocycles. The minimum absolute atomic E-state index is 0.525. The van der Waals surface area contributed by atoms with Gasteiger partial charge >= 0.3 is 0 Å². The first-order valence-electron chi connectivity index (χ1n) is 9.07. The number of hydrogen-bond acceptors (Lipinski definition) is 7. The molecule has 4 rings (SSSR count). The van der Waals surface area contributed by atoms with Gasteiger partial charge in [0.15, 0.2) is 11.5 Å². The van der Waals surface area contributed by atoms with Crippen molar-refractivity contribution in [1.82, 2.24) is 4.98 Å². The van der Waals surface area contributed by atoms with Gasteiger partial charge < -0.3 is 19.9 Å². The van der Waals surface area contributed by atoms with E-state index in [1.165, 1.54) is 22.5 Å². The van der Waals surface area contributed by atoms with Crippen molar-refractivity contribution in [3.05, 3.63) is 28.1 Å². The van der Waals surface area contributed by atoms with E-state index >= 15 is 0 Å². The number of hydrogen-bond donors (Lipinski definition) is 1. The van der Waals surface area contributed by atoms with Gasteiger partial charge in [0.05, 0.1) is 32.7 Å². The second-order valence-electron chi connectivity index (χ2n) is 6.68. The van der Waals surface area contributed by atoms with Crippen molar-refractivity contribution in [3.63, 3.8) is 0 Å². The van der Waals surface area contributed by atoms with E-state index in [9.17, 15) is 5.26 Å². The van der Waals surface area contributed by atoms with E-state index in [1.54, 1.807) is 21.3 Å². The standard InChI is InChI=1S/C21H21N3O3S/c1-25-14-8-11(9-15(26-2)20(14)27-3)19-13-7-5-4-6-12(13)17-18(23)16(10-22)28-21(17)24-19/h8-9H,4-7,23H2,1-3H3. The average Bonchev–Trinajstić information content (AvgIpc) is 3.07. The predicted molar refractivity (Wildman–Crippen MR) is 110 cm³/mol. The Morgan fingerprint density at radius 1 is 1.04 bits per heavy atom. The summed E-state index contributed by atoms with van der Waals surface area (Å²) >= 11 is 1.35. The lowest BCUT2D eigenvalue weighted by Crippen LogP contribution is -2.08. The van der Waals surface area contributed by atoms with Gasteiger partial charge in [-0.3, -0.25) is 0 Å². The smallest absolute Gasteiger partial charge is 0.203 e. The Balaban J connectivity index is 2.03. The molecule has 2 N–H and O–H groups in total. The van der Waals surface area contributed by atoms with Gasteiger partial charge in [-0.1, -0.05) is 0 Å². The number of pyridine rings is 1. The fraction of sp³-hybridized carbons (Fsp3) is 0.333. The summed E-state index contributed by atoms with van der Waals surface area (Å²) in [5.74, 6) is 1.73. The van der Waals surface area contributed by atoms with Gasteiger partial charge in [-0.15, -0.1) is 11.3 Å². The molecule has 0 spiro atoms. The highest BCUT2D eigenvalue weighted by atomic mass is 32.1. The van der Waals surface area contributed by atoms with Crippen LogP contribution in [0.3, 0.4) is 0 Å². The highest BCUT2D eigenvalue weighted by molar-refractivity contribution is 7.19. The van der Waals surface area contributed by atoms with Crippen LogP contribution in [-0.2, 0) is 12.8 Å². The lowest BCUT2D eigenvalue weighted by Gasteiger charge is -2.21. The molecular weight excluding hydrogens is 374 g/mol. The van der Waals surface area contributed by atoms with Crippen LogP contribution < -0.4 is 19.9 Å². The molecule has 0 saturated carbocycles. The maximum Gasteiger partial charge on any atom is 0.203 e. The van der Waals surface area contributed by atoms with Crippen molar-refractivity contribution >= 4 is 27.2 Å². The maximum absolute atomic E-state index is 9.41. The number of nitrogens with two attached hydrogens (primary N) is 1. The number of rotatable bonds is 4. The number of ether oxygens (including phenoxy) is 3. The third-order valence-corrected chi connectivity index (χ3v) is 6.24. The van der Waals surface area contributed by atoms with Crippen molar-refractivity contribution in [1.29, 1.82) is 5.26 Å². The molecule has 0 radical (unpaired) electrons. The molecule has 0 amide bonds. The number of benzene rings is 1. The van der Waals surface area contributed by atoms with Gasteiger partial charge in [0.1, 0.15) is 15.8 Å². The molecule has 0 aliphatic heterocycles. The van der Waals surface area contributed by atoms with Crippen molar-refractivity contribution in [2.24, 2.45) is 0 Å². The molecule has 1 aliphatic rings. The van der Waals surface area contributed by atoms with E-state index in [0.717, 1.165) is 47.2 Å². The molecule has 1 aliphatic carbocycles. The van der Waals surface area contributed by atoms with E-state index < -0.39 is 0 Å². The Kier molecular flexibility index (Phi) is 4.73. The summed E-state index contributed by atoms with van der Waals surface area (Å²) in [6.45, 7) is 0. The molecule has 0 saturated heterocycles. The number of fused-ring (bicyclic) bond motifs is 3. The molecule has 0 bridgehead atoms. The lowest BCUT2D eigenvalue weighted by molar-refractivity contribution is 0.324. The van der Waals surface area contributed by atoms with Crippen LogP contribution in [0.25, 0.3) is 21.5 Å². The molecule has 6 nitrogen and oxygen atoms in total. The monoisotopic (exact) mass is 395 g/mol. The first-order chi connectivity index (χ1) is 13.6. The molecule has 2 heterocycles. The zero-order valence-corrected chi connectivity index (χ0v) is 16.9. The minimum Gasteiger partial charge on any atom is -0.493 e. The van der Waals surface area contributed by atoms with Crippen molar-refractivity contribution in [2.45, 2.75) is 25.7 Å². The average molecular weight is 395 g/mol. The van der Waals surface area contributed by atoms with Gasteiger partial charge in [0, 0.05) is 10.9 Å². The molecular formula is C21H21N3O3S. The Morgan fingerprint density at radius 3 is 2.25 bits per heavy atom. The molecule has 28 heavy (non-hydrogen) atoms. The third-order valence-electron chi connectivity index (χ3n) is 5.24. The quantitative estimate of drug-likeness (QED) is 0.707. The van der Waals surface area contributed by atoms with Crippen molar-refractivity contribution in [2.75, 3.05) is 27.1 Å². The van der Waals surface area contributed by atoms with Crippen LogP contribution in [0.5, 0.6) is 17.2 Å². The second-order valence-corrected chi connectivity index (χ2v) is 7.67. The molecule has 0 unspecified atom stereocenters. The Morgan fingerprint density at radius 2 is 1.68 bits per heavy atom. The summed E-state index contributed by atoms with van der Waals surface area (Å²) < 4.78 is 16.5. The largest absolute Gasteiger partial charge is 0.493 e. The summed E-state index contributed by atoms with van der Waals surface area (Å²) in [5.41, 5.74) is 11.1. The fourth-order valence-corrected chi connectivity index (χ4v) is 4.88. The number of aryl methyl sites for hydroxylation is 1. The van der Waals surface area contributed by atoms with Crippen molar-refractivity contribution < 1.29 is 14.2 Å². The zero-order valence-electron chi connectivity index (χ0n) is 16.1. The molecule has 3 aromatic rings.